The molecule has 1 saturated carbocycles. The van der Waals surface area contributed by atoms with Crippen molar-refractivity contribution in [2.75, 3.05) is 6.54 Å². The second kappa shape index (κ2) is 5.30. The van der Waals surface area contributed by atoms with E-state index in [1.54, 1.807) is 24.3 Å². The van der Waals surface area contributed by atoms with Crippen LogP contribution in [0.1, 0.15) is 42.1 Å². The molecule has 0 aliphatic heterocycles. The van der Waals surface area contributed by atoms with Gasteiger partial charge in [-0.1, -0.05) is 24.2 Å². The molecule has 0 spiro atoms. The summed E-state index contributed by atoms with van der Waals surface area (Å²) < 4.78 is 0. The Hall–Kier alpha value is -2.04. The van der Waals surface area contributed by atoms with Crippen LogP contribution in [0.5, 0.6) is 0 Å². The maximum atomic E-state index is 12.0. The van der Waals surface area contributed by atoms with Gasteiger partial charge in [-0.2, -0.15) is 0 Å². The molecule has 0 heterocycles. The van der Waals surface area contributed by atoms with Gasteiger partial charge in [0.1, 0.15) is 0 Å². The number of carbonyl (C=O) groups excluding carboxylic acids is 1. The Morgan fingerprint density at radius 2 is 1.95 bits per heavy atom. The van der Waals surface area contributed by atoms with Gasteiger partial charge >= 0.3 is 0 Å². The highest BCUT2D eigenvalue weighted by Crippen LogP contribution is 2.47. The van der Waals surface area contributed by atoms with Crippen molar-refractivity contribution in [3.63, 3.8) is 0 Å². The molecule has 4 N–H and O–H groups in total. The van der Waals surface area contributed by atoms with Gasteiger partial charge in [0.25, 0.3) is 5.91 Å². The number of carbonyl (C=O) groups is 1. The number of amides is 1. The minimum atomic E-state index is -0.0780. The molecule has 0 atom stereocenters. The third kappa shape index (κ3) is 3.05. The van der Waals surface area contributed by atoms with Crippen LogP contribution in [-0.4, -0.2) is 23.5 Å². The SMILES string of the molecule is CCC1(CNC(=O)c2ccc(/C(N)=N/O)cc2)CC1. The molecule has 1 aromatic carbocycles. The monoisotopic (exact) mass is 261 g/mol. The number of rotatable bonds is 5. The van der Waals surface area contributed by atoms with Crippen LogP contribution in [-0.2, 0) is 0 Å². The third-order valence-electron chi connectivity index (χ3n) is 3.88. The van der Waals surface area contributed by atoms with Gasteiger partial charge < -0.3 is 16.3 Å². The molecule has 1 aromatic rings. The average molecular weight is 261 g/mol. The lowest BCUT2D eigenvalue weighted by Gasteiger charge is -2.13. The van der Waals surface area contributed by atoms with Gasteiger partial charge in [0.2, 0.25) is 0 Å². The van der Waals surface area contributed by atoms with Crippen LogP contribution in [0.2, 0.25) is 0 Å². The van der Waals surface area contributed by atoms with Gasteiger partial charge in [-0.3, -0.25) is 4.79 Å². The summed E-state index contributed by atoms with van der Waals surface area (Å²) in [7, 11) is 0. The van der Waals surface area contributed by atoms with Gasteiger partial charge in [-0.25, -0.2) is 0 Å². The number of nitrogens with zero attached hydrogens (tertiary/aromatic N) is 1. The number of amidine groups is 1. The molecule has 2 rings (SSSR count). The zero-order chi connectivity index (χ0) is 13.9. The molecule has 1 aliphatic carbocycles. The molecular formula is C14H19N3O2. The molecule has 19 heavy (non-hydrogen) atoms. The predicted molar refractivity (Wildman–Crippen MR) is 73.2 cm³/mol. The molecule has 1 amide bonds. The predicted octanol–water partition coefficient (Wildman–Crippen LogP) is 1.70. The number of hydrogen-bond acceptors (Lipinski definition) is 3. The average Bonchev–Trinajstić information content (AvgIpc) is 3.25. The third-order valence-corrected chi connectivity index (χ3v) is 3.88. The molecule has 0 aromatic heterocycles. The highest BCUT2D eigenvalue weighted by molar-refractivity contribution is 5.99. The summed E-state index contributed by atoms with van der Waals surface area (Å²) >= 11 is 0. The van der Waals surface area contributed by atoms with E-state index in [2.05, 4.69) is 17.4 Å². The van der Waals surface area contributed by atoms with Crippen LogP contribution in [0.4, 0.5) is 0 Å². The van der Waals surface area contributed by atoms with E-state index in [-0.39, 0.29) is 11.7 Å². The minimum absolute atomic E-state index is 0.0369. The summed E-state index contributed by atoms with van der Waals surface area (Å²) in [5.41, 5.74) is 6.97. The Bertz CT molecular complexity index is 490. The molecule has 1 fully saturated rings. The van der Waals surface area contributed by atoms with E-state index in [0.29, 0.717) is 16.5 Å². The lowest BCUT2D eigenvalue weighted by molar-refractivity contribution is 0.0944. The van der Waals surface area contributed by atoms with Crippen LogP contribution < -0.4 is 11.1 Å². The van der Waals surface area contributed by atoms with E-state index in [1.165, 1.54) is 12.8 Å². The quantitative estimate of drug-likeness (QED) is 0.326. The number of oxime groups is 1. The Morgan fingerprint density at radius 3 is 2.42 bits per heavy atom. The summed E-state index contributed by atoms with van der Waals surface area (Å²) in [6.45, 7) is 2.90. The van der Waals surface area contributed by atoms with Crippen LogP contribution in [0.25, 0.3) is 0 Å². The second-order valence-electron chi connectivity index (χ2n) is 5.10. The topological polar surface area (TPSA) is 87.7 Å². The zero-order valence-electron chi connectivity index (χ0n) is 11.0. The normalized spacial score (nSPS) is 17.0. The molecule has 1 aliphatic rings. The molecule has 0 unspecified atom stereocenters. The number of nitrogens with two attached hydrogens (primary N) is 1. The van der Waals surface area contributed by atoms with Crippen LogP contribution >= 0.6 is 0 Å². The Morgan fingerprint density at radius 1 is 1.37 bits per heavy atom. The summed E-state index contributed by atoms with van der Waals surface area (Å²) in [6.07, 6.45) is 3.51. The fourth-order valence-electron chi connectivity index (χ4n) is 2.05. The fraction of sp³-hybridized carbons (Fsp3) is 0.429. The van der Waals surface area contributed by atoms with Crippen molar-refractivity contribution in [1.29, 1.82) is 0 Å². The van der Waals surface area contributed by atoms with E-state index in [4.69, 9.17) is 10.9 Å². The molecular weight excluding hydrogens is 242 g/mol. The number of nitrogens with one attached hydrogen (secondary N) is 1. The molecule has 0 bridgehead atoms. The van der Waals surface area contributed by atoms with E-state index < -0.39 is 0 Å². The standard InChI is InChI=1S/C14H19N3O2/c1-2-14(7-8-14)9-16-13(18)11-5-3-10(4-6-11)12(15)17-19/h3-6,19H,2,7-9H2,1H3,(H2,15,17)(H,16,18). The lowest BCUT2D eigenvalue weighted by Crippen LogP contribution is -2.30. The van der Waals surface area contributed by atoms with Crippen molar-refractivity contribution in [3.8, 4) is 0 Å². The van der Waals surface area contributed by atoms with Gasteiger partial charge in [0.05, 0.1) is 0 Å². The van der Waals surface area contributed by atoms with Crippen molar-refractivity contribution >= 4 is 11.7 Å². The second-order valence-corrected chi connectivity index (χ2v) is 5.10. The van der Waals surface area contributed by atoms with Gasteiger partial charge in [-0.15, -0.1) is 0 Å². The first-order valence-corrected chi connectivity index (χ1v) is 6.46. The molecule has 0 radical (unpaired) electrons. The van der Waals surface area contributed by atoms with Gasteiger partial charge in [-0.05, 0) is 36.8 Å². The lowest BCUT2D eigenvalue weighted by atomic mass is 10.0. The van der Waals surface area contributed by atoms with Gasteiger partial charge in [0, 0.05) is 17.7 Å². The van der Waals surface area contributed by atoms with Crippen LogP contribution in [0.3, 0.4) is 0 Å². The summed E-state index contributed by atoms with van der Waals surface area (Å²) in [6, 6.07) is 6.68. The smallest absolute Gasteiger partial charge is 0.251 e. The first kappa shape index (κ1) is 13.4. The van der Waals surface area contributed by atoms with E-state index in [1.807, 2.05) is 0 Å². The summed E-state index contributed by atoms with van der Waals surface area (Å²) in [5.74, 6) is -0.0411. The minimum Gasteiger partial charge on any atom is -0.409 e. The van der Waals surface area contributed by atoms with Crippen LogP contribution in [0.15, 0.2) is 29.4 Å². The maximum Gasteiger partial charge on any atom is 0.251 e. The Labute approximate surface area is 112 Å². The first-order valence-electron chi connectivity index (χ1n) is 6.46. The van der Waals surface area contributed by atoms with Gasteiger partial charge in [0.15, 0.2) is 5.84 Å². The van der Waals surface area contributed by atoms with Crippen molar-refractivity contribution < 1.29 is 10.0 Å². The molecule has 0 saturated heterocycles. The van der Waals surface area contributed by atoms with Crippen molar-refractivity contribution in [2.24, 2.45) is 16.3 Å². The Kier molecular flexibility index (Phi) is 3.74. The fourth-order valence-corrected chi connectivity index (χ4v) is 2.05. The molecule has 5 nitrogen and oxygen atoms in total. The highest BCUT2D eigenvalue weighted by Gasteiger charge is 2.40. The van der Waals surface area contributed by atoms with Crippen LogP contribution in [0, 0.1) is 5.41 Å². The van der Waals surface area contributed by atoms with Crippen molar-refractivity contribution in [2.45, 2.75) is 26.2 Å². The summed E-state index contributed by atoms with van der Waals surface area (Å²) in [4.78, 5) is 12.0. The summed E-state index contributed by atoms with van der Waals surface area (Å²) in [5, 5.41) is 14.4. The van der Waals surface area contributed by atoms with E-state index in [0.717, 1.165) is 13.0 Å². The maximum absolute atomic E-state index is 12.0. The zero-order valence-corrected chi connectivity index (χ0v) is 11.0. The van der Waals surface area contributed by atoms with E-state index >= 15 is 0 Å². The van der Waals surface area contributed by atoms with E-state index in [9.17, 15) is 4.79 Å². The molecule has 5 heteroatoms. The largest absolute Gasteiger partial charge is 0.409 e. The van der Waals surface area contributed by atoms with Crippen molar-refractivity contribution in [3.05, 3.63) is 35.4 Å². The molecule has 102 valence electrons. The van der Waals surface area contributed by atoms with Crippen molar-refractivity contribution in [1.82, 2.24) is 5.32 Å². The highest BCUT2D eigenvalue weighted by atomic mass is 16.4. The number of benzene rings is 1. The first-order chi connectivity index (χ1) is 9.10. The number of hydrogen-bond donors (Lipinski definition) is 3. The Balaban J connectivity index is 1.96.